The van der Waals surface area contributed by atoms with Crippen LogP contribution in [0.1, 0.15) is 22.3 Å². The number of Topliss-reactive ketones (excluding diaryl/α,β-unsaturated/α-hetero) is 1. The normalized spacial score (nSPS) is 17.4. The second kappa shape index (κ2) is 5.80. The number of hydrogen-bond donors (Lipinski definition) is 0. The predicted octanol–water partition coefficient (Wildman–Crippen LogP) is 4.26. The van der Waals surface area contributed by atoms with Crippen LogP contribution in [0.4, 0.5) is 0 Å². The van der Waals surface area contributed by atoms with Crippen LogP contribution in [0.2, 0.25) is 0 Å². The van der Waals surface area contributed by atoms with E-state index in [4.69, 9.17) is 4.74 Å². The maximum Gasteiger partial charge on any atom is 0.192 e. The number of carbonyl (C=O) groups excluding carboxylic acids is 1. The summed E-state index contributed by atoms with van der Waals surface area (Å²) in [7, 11) is 0. The molecule has 1 heterocycles. The minimum atomic E-state index is -0.136. The predicted molar refractivity (Wildman–Crippen MR) is 83.8 cm³/mol. The third-order valence-electron chi connectivity index (χ3n) is 3.56. The molecule has 1 aliphatic rings. The van der Waals surface area contributed by atoms with Crippen LogP contribution in [0, 0.1) is 0 Å². The first kappa shape index (κ1) is 13.4. The molecular weight excluding hydrogens is 260 g/mol. The lowest BCUT2D eigenvalue weighted by Gasteiger charge is -2.08. The average molecular weight is 276 g/mol. The Morgan fingerprint density at radius 1 is 1.05 bits per heavy atom. The second-order valence-electron chi connectivity index (χ2n) is 4.96. The van der Waals surface area contributed by atoms with Crippen LogP contribution in [0.5, 0.6) is 0 Å². The number of rotatable bonds is 4. The van der Waals surface area contributed by atoms with Gasteiger partial charge in [0, 0.05) is 23.1 Å². The monoisotopic (exact) mass is 276 g/mol. The van der Waals surface area contributed by atoms with E-state index in [9.17, 15) is 4.79 Å². The SMILES string of the molecule is C=C[C@H]1CC(C(=O)c2ccccc2)=C(c2ccccc2)O1. The molecule has 2 nitrogen and oxygen atoms in total. The highest BCUT2D eigenvalue weighted by Gasteiger charge is 2.29. The van der Waals surface area contributed by atoms with Crippen LogP contribution in [0.15, 0.2) is 78.9 Å². The largest absolute Gasteiger partial charge is 0.485 e. The molecule has 1 atom stereocenters. The first-order valence-electron chi connectivity index (χ1n) is 6.97. The molecule has 0 N–H and O–H groups in total. The highest BCUT2D eigenvalue weighted by atomic mass is 16.5. The van der Waals surface area contributed by atoms with Crippen molar-refractivity contribution in [1.29, 1.82) is 0 Å². The van der Waals surface area contributed by atoms with Gasteiger partial charge in [-0.1, -0.05) is 73.3 Å². The van der Waals surface area contributed by atoms with E-state index in [2.05, 4.69) is 6.58 Å². The molecule has 3 rings (SSSR count). The van der Waals surface area contributed by atoms with E-state index >= 15 is 0 Å². The molecule has 2 heteroatoms. The van der Waals surface area contributed by atoms with Gasteiger partial charge in [-0.25, -0.2) is 0 Å². The summed E-state index contributed by atoms with van der Waals surface area (Å²) in [6.07, 6.45) is 2.18. The minimum absolute atomic E-state index is 0.0267. The maximum absolute atomic E-state index is 12.7. The topological polar surface area (TPSA) is 26.3 Å². The zero-order chi connectivity index (χ0) is 14.7. The van der Waals surface area contributed by atoms with Crippen LogP contribution >= 0.6 is 0 Å². The minimum Gasteiger partial charge on any atom is -0.485 e. The van der Waals surface area contributed by atoms with Crippen molar-refractivity contribution in [3.8, 4) is 0 Å². The van der Waals surface area contributed by atoms with Gasteiger partial charge in [-0.05, 0) is 0 Å². The van der Waals surface area contributed by atoms with Crippen LogP contribution in [-0.2, 0) is 4.74 Å². The highest BCUT2D eigenvalue weighted by molar-refractivity contribution is 6.13. The molecule has 0 fully saturated rings. The van der Waals surface area contributed by atoms with Gasteiger partial charge < -0.3 is 4.74 Å². The molecule has 0 saturated carbocycles. The van der Waals surface area contributed by atoms with E-state index in [1.54, 1.807) is 6.08 Å². The molecule has 0 aromatic heterocycles. The number of ether oxygens (including phenoxy) is 1. The highest BCUT2D eigenvalue weighted by Crippen LogP contribution is 2.34. The van der Waals surface area contributed by atoms with Crippen LogP contribution in [0.25, 0.3) is 5.76 Å². The van der Waals surface area contributed by atoms with Crippen molar-refractivity contribution >= 4 is 11.5 Å². The van der Waals surface area contributed by atoms with E-state index in [0.29, 0.717) is 17.7 Å². The smallest absolute Gasteiger partial charge is 0.192 e. The fourth-order valence-corrected chi connectivity index (χ4v) is 2.48. The summed E-state index contributed by atoms with van der Waals surface area (Å²) in [5.74, 6) is 0.702. The Bertz CT molecular complexity index is 684. The van der Waals surface area contributed by atoms with Gasteiger partial charge in [0.25, 0.3) is 0 Å². The van der Waals surface area contributed by atoms with Crippen LogP contribution in [-0.4, -0.2) is 11.9 Å². The molecule has 0 bridgehead atoms. The van der Waals surface area contributed by atoms with E-state index in [-0.39, 0.29) is 11.9 Å². The third-order valence-corrected chi connectivity index (χ3v) is 3.56. The summed E-state index contributed by atoms with van der Waals surface area (Å²) in [5, 5.41) is 0. The van der Waals surface area contributed by atoms with E-state index < -0.39 is 0 Å². The number of benzene rings is 2. The van der Waals surface area contributed by atoms with Gasteiger partial charge in [0.2, 0.25) is 0 Å². The van der Waals surface area contributed by atoms with Crippen molar-refractivity contribution in [2.75, 3.05) is 0 Å². The fraction of sp³-hybridized carbons (Fsp3) is 0.105. The molecule has 2 aromatic rings. The Morgan fingerprint density at radius 2 is 1.67 bits per heavy atom. The van der Waals surface area contributed by atoms with E-state index in [0.717, 1.165) is 11.1 Å². The first-order chi connectivity index (χ1) is 10.3. The van der Waals surface area contributed by atoms with Crippen molar-refractivity contribution in [3.63, 3.8) is 0 Å². The van der Waals surface area contributed by atoms with Gasteiger partial charge in [0.05, 0.1) is 0 Å². The van der Waals surface area contributed by atoms with E-state index in [1.165, 1.54) is 0 Å². The quantitative estimate of drug-likeness (QED) is 0.616. The second-order valence-corrected chi connectivity index (χ2v) is 4.96. The zero-order valence-electron chi connectivity index (χ0n) is 11.7. The Morgan fingerprint density at radius 3 is 2.29 bits per heavy atom. The van der Waals surface area contributed by atoms with Crippen molar-refractivity contribution < 1.29 is 9.53 Å². The van der Waals surface area contributed by atoms with Gasteiger partial charge >= 0.3 is 0 Å². The van der Waals surface area contributed by atoms with Crippen molar-refractivity contribution in [1.82, 2.24) is 0 Å². The van der Waals surface area contributed by atoms with Crippen molar-refractivity contribution in [2.24, 2.45) is 0 Å². The van der Waals surface area contributed by atoms with Gasteiger partial charge in [0.1, 0.15) is 11.9 Å². The van der Waals surface area contributed by atoms with Gasteiger partial charge in [0.15, 0.2) is 5.78 Å². The van der Waals surface area contributed by atoms with Gasteiger partial charge in [-0.2, -0.15) is 0 Å². The summed E-state index contributed by atoms with van der Waals surface area (Å²) in [6.45, 7) is 3.77. The maximum atomic E-state index is 12.7. The number of ketones is 1. The molecular formula is C19H16O2. The third kappa shape index (κ3) is 2.65. The number of hydrogen-bond acceptors (Lipinski definition) is 2. The van der Waals surface area contributed by atoms with E-state index in [1.807, 2.05) is 60.7 Å². The van der Waals surface area contributed by atoms with Crippen LogP contribution in [0.3, 0.4) is 0 Å². The lowest BCUT2D eigenvalue weighted by molar-refractivity contribution is 0.103. The molecule has 0 unspecified atom stereocenters. The molecule has 104 valence electrons. The first-order valence-corrected chi connectivity index (χ1v) is 6.97. The Kier molecular flexibility index (Phi) is 3.69. The Balaban J connectivity index is 2.03. The van der Waals surface area contributed by atoms with Crippen molar-refractivity contribution in [2.45, 2.75) is 12.5 Å². The summed E-state index contributed by atoms with van der Waals surface area (Å²) >= 11 is 0. The number of carbonyl (C=O) groups is 1. The lowest BCUT2D eigenvalue weighted by atomic mass is 9.97. The van der Waals surface area contributed by atoms with Gasteiger partial charge in [-0.3, -0.25) is 4.79 Å². The molecule has 0 amide bonds. The fourth-order valence-electron chi connectivity index (χ4n) is 2.48. The molecule has 21 heavy (non-hydrogen) atoms. The molecule has 2 aromatic carbocycles. The Labute approximate surface area is 124 Å². The average Bonchev–Trinajstić information content (AvgIpc) is 3.00. The van der Waals surface area contributed by atoms with Crippen LogP contribution < -0.4 is 0 Å². The molecule has 1 aliphatic heterocycles. The zero-order valence-corrected chi connectivity index (χ0v) is 11.7. The lowest BCUT2D eigenvalue weighted by Crippen LogP contribution is -2.05. The molecule has 0 spiro atoms. The van der Waals surface area contributed by atoms with Crippen molar-refractivity contribution in [3.05, 3.63) is 90.0 Å². The molecule has 0 radical (unpaired) electrons. The standard InChI is InChI=1S/C19H16O2/c1-2-16-13-17(18(20)14-9-5-3-6-10-14)19(21-16)15-11-7-4-8-12-15/h2-12,16H,1,13H2/t16-/m0/s1. The summed E-state index contributed by atoms with van der Waals surface area (Å²) < 4.78 is 5.89. The Hall–Kier alpha value is -2.61. The molecule has 0 saturated heterocycles. The summed E-state index contributed by atoms with van der Waals surface area (Å²) in [5.41, 5.74) is 2.34. The summed E-state index contributed by atoms with van der Waals surface area (Å²) in [4.78, 5) is 12.7. The molecule has 0 aliphatic carbocycles. The summed E-state index contributed by atoms with van der Waals surface area (Å²) in [6, 6.07) is 19.1. The van der Waals surface area contributed by atoms with Gasteiger partial charge in [-0.15, -0.1) is 0 Å².